The second kappa shape index (κ2) is 6.68. The van der Waals surface area contributed by atoms with Crippen molar-refractivity contribution in [3.8, 4) is 0 Å². The molecule has 2 fully saturated rings. The van der Waals surface area contributed by atoms with Crippen molar-refractivity contribution in [2.45, 2.75) is 50.6 Å². The van der Waals surface area contributed by atoms with Crippen molar-refractivity contribution in [3.63, 3.8) is 0 Å². The molecule has 1 aromatic rings. The minimum absolute atomic E-state index is 0.713. The van der Waals surface area contributed by atoms with E-state index in [1.807, 2.05) is 12.4 Å². The van der Waals surface area contributed by atoms with Crippen LogP contribution < -0.4 is 5.32 Å². The van der Waals surface area contributed by atoms with Gasteiger partial charge in [0.25, 0.3) is 0 Å². The first-order valence-electron chi connectivity index (χ1n) is 8.15. The molecular weight excluding hydrogens is 246 g/mol. The molecule has 110 valence electrons. The van der Waals surface area contributed by atoms with Gasteiger partial charge in [0.15, 0.2) is 0 Å². The van der Waals surface area contributed by atoms with Crippen molar-refractivity contribution in [3.05, 3.63) is 30.1 Å². The molecule has 3 rings (SSSR count). The van der Waals surface area contributed by atoms with E-state index in [-0.39, 0.29) is 0 Å². The molecule has 1 saturated heterocycles. The van der Waals surface area contributed by atoms with Gasteiger partial charge in [-0.1, -0.05) is 12.8 Å². The summed E-state index contributed by atoms with van der Waals surface area (Å²) in [4.78, 5) is 6.55. The van der Waals surface area contributed by atoms with Crippen molar-refractivity contribution < 1.29 is 0 Å². The Morgan fingerprint density at radius 3 is 2.85 bits per heavy atom. The van der Waals surface area contributed by atoms with Crippen LogP contribution >= 0.6 is 0 Å². The topological polar surface area (TPSA) is 28.2 Å². The highest BCUT2D eigenvalue weighted by Crippen LogP contribution is 2.33. The Labute approximate surface area is 122 Å². The molecule has 1 saturated carbocycles. The lowest BCUT2D eigenvalue weighted by Crippen LogP contribution is -2.39. The van der Waals surface area contributed by atoms with Crippen LogP contribution in [0.5, 0.6) is 0 Å². The van der Waals surface area contributed by atoms with Crippen LogP contribution in [0, 0.1) is 5.92 Å². The first-order valence-corrected chi connectivity index (χ1v) is 8.15. The Hall–Kier alpha value is -0.930. The average molecular weight is 273 g/mol. The van der Waals surface area contributed by atoms with E-state index in [2.05, 4.69) is 34.4 Å². The molecule has 1 aromatic heterocycles. The van der Waals surface area contributed by atoms with Gasteiger partial charge in [0, 0.05) is 37.6 Å². The largest absolute Gasteiger partial charge is 0.310 e. The van der Waals surface area contributed by atoms with Crippen molar-refractivity contribution >= 4 is 0 Å². The minimum atomic E-state index is 0.713. The summed E-state index contributed by atoms with van der Waals surface area (Å²) >= 11 is 0. The maximum Gasteiger partial charge on any atom is 0.0270 e. The van der Waals surface area contributed by atoms with E-state index in [1.165, 1.54) is 44.2 Å². The van der Waals surface area contributed by atoms with Crippen molar-refractivity contribution in [2.24, 2.45) is 5.92 Å². The van der Waals surface area contributed by atoms with Crippen molar-refractivity contribution in [1.29, 1.82) is 0 Å². The van der Waals surface area contributed by atoms with Crippen LogP contribution in [0.2, 0.25) is 0 Å². The Kier molecular flexibility index (Phi) is 4.69. The first kappa shape index (κ1) is 14.0. The lowest BCUT2D eigenvalue weighted by atomic mass is 9.85. The summed E-state index contributed by atoms with van der Waals surface area (Å²) in [5.41, 5.74) is 1.39. The predicted octanol–water partition coefficient (Wildman–Crippen LogP) is 2.48. The molecule has 3 atom stereocenters. The molecule has 2 aliphatic rings. The lowest BCUT2D eigenvalue weighted by molar-refractivity contribution is 0.298. The molecule has 0 aromatic carbocycles. The van der Waals surface area contributed by atoms with E-state index in [0.29, 0.717) is 6.04 Å². The van der Waals surface area contributed by atoms with E-state index >= 15 is 0 Å². The summed E-state index contributed by atoms with van der Waals surface area (Å²) in [6, 6.07) is 5.78. The zero-order valence-electron chi connectivity index (χ0n) is 12.6. The van der Waals surface area contributed by atoms with Gasteiger partial charge in [-0.2, -0.15) is 0 Å². The number of nitrogens with one attached hydrogen (secondary N) is 1. The maximum absolute atomic E-state index is 4.07. The monoisotopic (exact) mass is 273 g/mol. The van der Waals surface area contributed by atoms with Crippen LogP contribution in [-0.4, -0.2) is 42.1 Å². The van der Waals surface area contributed by atoms with Crippen LogP contribution in [0.1, 0.15) is 37.7 Å². The molecule has 0 bridgehead atoms. The van der Waals surface area contributed by atoms with Gasteiger partial charge in [-0.05, 0) is 56.3 Å². The Morgan fingerprint density at radius 2 is 2.05 bits per heavy atom. The molecular formula is C17H27N3. The molecule has 20 heavy (non-hydrogen) atoms. The average Bonchev–Trinajstić information content (AvgIpc) is 2.88. The quantitative estimate of drug-likeness (QED) is 0.893. The fourth-order valence-electron chi connectivity index (χ4n) is 3.91. The fraction of sp³-hybridized carbons (Fsp3) is 0.706. The van der Waals surface area contributed by atoms with Crippen LogP contribution in [0.4, 0.5) is 0 Å². The van der Waals surface area contributed by atoms with Crippen LogP contribution in [0.3, 0.4) is 0 Å². The van der Waals surface area contributed by atoms with E-state index in [1.54, 1.807) is 0 Å². The van der Waals surface area contributed by atoms with Gasteiger partial charge in [-0.3, -0.25) is 4.98 Å². The van der Waals surface area contributed by atoms with Crippen molar-refractivity contribution in [1.82, 2.24) is 15.2 Å². The molecule has 0 amide bonds. The van der Waals surface area contributed by atoms with Crippen molar-refractivity contribution in [2.75, 3.05) is 20.1 Å². The van der Waals surface area contributed by atoms with Gasteiger partial charge in [0.2, 0.25) is 0 Å². The summed E-state index contributed by atoms with van der Waals surface area (Å²) in [6.07, 6.45) is 12.0. The number of aromatic nitrogens is 1. The van der Waals surface area contributed by atoms with E-state index in [4.69, 9.17) is 0 Å². The second-order valence-corrected chi connectivity index (χ2v) is 6.62. The SMILES string of the molecule is CN(CCc1ccncc1)CC1CC2CCCCC2N1. The molecule has 0 radical (unpaired) electrons. The predicted molar refractivity (Wildman–Crippen MR) is 82.7 cm³/mol. The molecule has 3 heteroatoms. The number of likely N-dealkylation sites (N-methyl/N-ethyl adjacent to an activating group) is 1. The zero-order valence-corrected chi connectivity index (χ0v) is 12.6. The molecule has 3 nitrogen and oxygen atoms in total. The first-order chi connectivity index (χ1) is 9.81. The highest BCUT2D eigenvalue weighted by atomic mass is 15.1. The maximum atomic E-state index is 4.07. The third-order valence-electron chi connectivity index (χ3n) is 5.01. The molecule has 1 aliphatic heterocycles. The summed E-state index contributed by atoms with van der Waals surface area (Å²) in [6.45, 7) is 2.33. The number of hydrogen-bond acceptors (Lipinski definition) is 3. The Balaban J connectivity index is 1.42. The van der Waals surface area contributed by atoms with Gasteiger partial charge in [0.1, 0.15) is 0 Å². The van der Waals surface area contributed by atoms with E-state index < -0.39 is 0 Å². The molecule has 3 unspecified atom stereocenters. The second-order valence-electron chi connectivity index (χ2n) is 6.62. The third-order valence-corrected chi connectivity index (χ3v) is 5.01. The minimum Gasteiger partial charge on any atom is -0.310 e. The van der Waals surface area contributed by atoms with Crippen LogP contribution in [-0.2, 0) is 6.42 Å². The fourth-order valence-corrected chi connectivity index (χ4v) is 3.91. The van der Waals surface area contributed by atoms with Crippen LogP contribution in [0.15, 0.2) is 24.5 Å². The highest BCUT2D eigenvalue weighted by molar-refractivity contribution is 5.09. The van der Waals surface area contributed by atoms with Crippen LogP contribution in [0.25, 0.3) is 0 Å². The molecule has 2 heterocycles. The zero-order chi connectivity index (χ0) is 13.8. The normalized spacial score (nSPS) is 29.6. The molecule has 1 N–H and O–H groups in total. The molecule has 1 aliphatic carbocycles. The summed E-state index contributed by atoms with van der Waals surface area (Å²) in [5, 5.41) is 3.87. The van der Waals surface area contributed by atoms with Gasteiger partial charge in [0.05, 0.1) is 0 Å². The number of hydrogen-bond donors (Lipinski definition) is 1. The van der Waals surface area contributed by atoms with Gasteiger partial charge in [-0.25, -0.2) is 0 Å². The summed E-state index contributed by atoms with van der Waals surface area (Å²) in [5.74, 6) is 0.961. The number of fused-ring (bicyclic) bond motifs is 1. The highest BCUT2D eigenvalue weighted by Gasteiger charge is 2.35. The summed E-state index contributed by atoms with van der Waals surface area (Å²) < 4.78 is 0. The number of nitrogens with zero attached hydrogens (tertiary/aromatic N) is 2. The summed E-state index contributed by atoms with van der Waals surface area (Å²) in [7, 11) is 2.25. The van der Waals surface area contributed by atoms with Gasteiger partial charge in [-0.15, -0.1) is 0 Å². The van der Waals surface area contributed by atoms with Gasteiger partial charge >= 0.3 is 0 Å². The third kappa shape index (κ3) is 3.58. The number of pyridine rings is 1. The Bertz CT molecular complexity index is 392. The standard InChI is InChI=1S/C17H27N3/c1-20(11-8-14-6-9-18-10-7-14)13-16-12-15-4-2-3-5-17(15)19-16/h6-7,9-10,15-17,19H,2-5,8,11-13H2,1H3. The van der Waals surface area contributed by atoms with E-state index in [9.17, 15) is 0 Å². The Morgan fingerprint density at radius 1 is 1.25 bits per heavy atom. The van der Waals surface area contributed by atoms with E-state index in [0.717, 1.165) is 24.9 Å². The number of rotatable bonds is 5. The molecule has 0 spiro atoms. The lowest BCUT2D eigenvalue weighted by Gasteiger charge is -2.24. The van der Waals surface area contributed by atoms with Gasteiger partial charge < -0.3 is 10.2 Å². The smallest absolute Gasteiger partial charge is 0.0270 e.